The van der Waals surface area contributed by atoms with Gasteiger partial charge < -0.3 is 4.74 Å². The molecule has 1 aromatic heterocycles. The lowest BCUT2D eigenvalue weighted by Gasteiger charge is -2.46. The SMILES string of the molecule is CSCC1CN(C2CCC(c3cnn(C)n3)CC2)C(Cc2ccc(Cl)cc2)CO1. The van der Waals surface area contributed by atoms with Crippen LogP contribution in [0.5, 0.6) is 0 Å². The molecular formula is C22H31ClN4OS. The molecule has 0 radical (unpaired) electrons. The van der Waals surface area contributed by atoms with Gasteiger partial charge in [-0.25, -0.2) is 0 Å². The number of hydrogen-bond donors (Lipinski definition) is 0. The Morgan fingerprint density at radius 2 is 1.93 bits per heavy atom. The van der Waals surface area contributed by atoms with Crippen molar-refractivity contribution in [2.24, 2.45) is 7.05 Å². The van der Waals surface area contributed by atoms with E-state index in [1.807, 2.05) is 37.1 Å². The number of benzene rings is 1. The molecule has 2 aromatic rings. The Morgan fingerprint density at radius 1 is 1.17 bits per heavy atom. The number of ether oxygens (including phenoxy) is 1. The molecule has 158 valence electrons. The fraction of sp³-hybridized carbons (Fsp3) is 0.636. The standard InChI is InChI=1S/C22H31ClN4OS/c1-26-24-12-22(25-26)17-5-9-19(10-6-17)27-13-21(15-29-2)28-14-20(27)11-16-3-7-18(23)8-4-16/h3-4,7-8,12,17,19-21H,5-6,9-11,13-15H2,1-2H3. The van der Waals surface area contributed by atoms with E-state index < -0.39 is 0 Å². The molecular weight excluding hydrogens is 404 g/mol. The average molecular weight is 435 g/mol. The smallest absolute Gasteiger partial charge is 0.0857 e. The molecule has 2 aliphatic rings. The quantitative estimate of drug-likeness (QED) is 0.682. The molecule has 0 N–H and O–H groups in total. The highest BCUT2D eigenvalue weighted by molar-refractivity contribution is 7.98. The second-order valence-electron chi connectivity index (χ2n) is 8.36. The number of halogens is 1. The van der Waals surface area contributed by atoms with Crippen LogP contribution in [-0.4, -0.2) is 63.2 Å². The van der Waals surface area contributed by atoms with Crippen LogP contribution in [0.3, 0.4) is 0 Å². The van der Waals surface area contributed by atoms with E-state index in [0.29, 0.717) is 24.1 Å². The normalized spacial score (nSPS) is 28.5. The van der Waals surface area contributed by atoms with Crippen molar-refractivity contribution < 1.29 is 4.74 Å². The number of nitrogens with zero attached hydrogens (tertiary/aromatic N) is 4. The Balaban J connectivity index is 1.42. The predicted molar refractivity (Wildman–Crippen MR) is 120 cm³/mol. The lowest BCUT2D eigenvalue weighted by Crippen LogP contribution is -2.56. The van der Waals surface area contributed by atoms with E-state index in [4.69, 9.17) is 16.3 Å². The van der Waals surface area contributed by atoms with Crippen LogP contribution in [-0.2, 0) is 18.2 Å². The number of aryl methyl sites for hydroxylation is 1. The van der Waals surface area contributed by atoms with Crippen LogP contribution in [0.25, 0.3) is 0 Å². The van der Waals surface area contributed by atoms with Crippen molar-refractivity contribution in [2.75, 3.05) is 25.2 Å². The van der Waals surface area contributed by atoms with Crippen LogP contribution < -0.4 is 0 Å². The molecule has 4 rings (SSSR count). The third-order valence-corrected chi connectivity index (χ3v) is 7.30. The largest absolute Gasteiger partial charge is 0.374 e. The van der Waals surface area contributed by atoms with Gasteiger partial charge in [0, 0.05) is 42.4 Å². The van der Waals surface area contributed by atoms with Crippen molar-refractivity contribution in [3.05, 3.63) is 46.7 Å². The van der Waals surface area contributed by atoms with Gasteiger partial charge in [0.2, 0.25) is 0 Å². The average Bonchev–Trinajstić information content (AvgIpc) is 3.17. The van der Waals surface area contributed by atoms with E-state index in [1.54, 1.807) is 4.80 Å². The summed E-state index contributed by atoms with van der Waals surface area (Å²) >= 11 is 7.96. The minimum Gasteiger partial charge on any atom is -0.374 e. The molecule has 2 fully saturated rings. The van der Waals surface area contributed by atoms with Crippen LogP contribution in [0.2, 0.25) is 5.02 Å². The summed E-state index contributed by atoms with van der Waals surface area (Å²) in [6, 6.07) is 9.36. The highest BCUT2D eigenvalue weighted by Gasteiger charge is 2.36. The van der Waals surface area contributed by atoms with Gasteiger partial charge in [0.15, 0.2) is 0 Å². The minimum absolute atomic E-state index is 0.337. The summed E-state index contributed by atoms with van der Waals surface area (Å²) in [7, 11) is 1.90. The molecule has 1 aromatic carbocycles. The molecule has 0 amide bonds. The van der Waals surface area contributed by atoms with Gasteiger partial charge in [-0.1, -0.05) is 23.7 Å². The molecule has 0 spiro atoms. The maximum absolute atomic E-state index is 6.23. The fourth-order valence-corrected chi connectivity index (χ4v) is 5.53. The van der Waals surface area contributed by atoms with Crippen molar-refractivity contribution in [3.63, 3.8) is 0 Å². The van der Waals surface area contributed by atoms with Gasteiger partial charge in [-0.3, -0.25) is 4.90 Å². The number of aromatic nitrogens is 3. The molecule has 1 aliphatic carbocycles. The Kier molecular flexibility index (Phi) is 7.16. The predicted octanol–water partition coefficient (Wildman–Crippen LogP) is 4.17. The zero-order chi connectivity index (χ0) is 20.2. The maximum atomic E-state index is 6.23. The summed E-state index contributed by atoms with van der Waals surface area (Å²) in [5.74, 6) is 1.62. The van der Waals surface area contributed by atoms with Gasteiger partial charge in [0.05, 0.1) is 24.6 Å². The van der Waals surface area contributed by atoms with Gasteiger partial charge >= 0.3 is 0 Å². The maximum Gasteiger partial charge on any atom is 0.0857 e. The van der Waals surface area contributed by atoms with Crippen LogP contribution in [0.4, 0.5) is 0 Å². The highest BCUT2D eigenvalue weighted by atomic mass is 35.5. The summed E-state index contributed by atoms with van der Waals surface area (Å²) in [5.41, 5.74) is 2.50. The van der Waals surface area contributed by atoms with E-state index in [9.17, 15) is 0 Å². The van der Waals surface area contributed by atoms with Crippen molar-refractivity contribution in [1.29, 1.82) is 0 Å². The number of morpholine rings is 1. The lowest BCUT2D eigenvalue weighted by molar-refractivity contribution is -0.0750. The molecule has 2 heterocycles. The molecule has 1 saturated heterocycles. The number of hydrogen-bond acceptors (Lipinski definition) is 5. The number of thioether (sulfide) groups is 1. The topological polar surface area (TPSA) is 43.2 Å². The van der Waals surface area contributed by atoms with E-state index >= 15 is 0 Å². The van der Waals surface area contributed by atoms with Crippen LogP contribution in [0.15, 0.2) is 30.5 Å². The first-order valence-electron chi connectivity index (χ1n) is 10.6. The zero-order valence-corrected chi connectivity index (χ0v) is 18.9. The van der Waals surface area contributed by atoms with Gasteiger partial charge in [-0.15, -0.1) is 0 Å². The second-order valence-corrected chi connectivity index (χ2v) is 9.70. The summed E-state index contributed by atoms with van der Waals surface area (Å²) in [6.45, 7) is 1.86. The first-order valence-corrected chi connectivity index (χ1v) is 12.4. The summed E-state index contributed by atoms with van der Waals surface area (Å²) in [4.78, 5) is 4.43. The van der Waals surface area contributed by atoms with E-state index in [1.165, 1.54) is 31.2 Å². The van der Waals surface area contributed by atoms with Gasteiger partial charge in [0.1, 0.15) is 0 Å². The number of rotatable bonds is 6. The van der Waals surface area contributed by atoms with Crippen molar-refractivity contribution in [2.45, 2.75) is 56.2 Å². The van der Waals surface area contributed by atoms with Gasteiger partial charge in [-0.2, -0.15) is 26.8 Å². The van der Waals surface area contributed by atoms with Crippen molar-refractivity contribution in [3.8, 4) is 0 Å². The third kappa shape index (κ3) is 5.35. The van der Waals surface area contributed by atoms with E-state index in [0.717, 1.165) is 36.0 Å². The monoisotopic (exact) mass is 434 g/mol. The summed E-state index contributed by atoms with van der Waals surface area (Å²) in [6.07, 6.45) is 10.3. The molecule has 7 heteroatoms. The van der Waals surface area contributed by atoms with Crippen LogP contribution >= 0.6 is 23.4 Å². The third-order valence-electron chi connectivity index (χ3n) is 6.35. The first-order chi connectivity index (χ1) is 14.1. The molecule has 2 atom stereocenters. The lowest BCUT2D eigenvalue weighted by atomic mass is 9.82. The van der Waals surface area contributed by atoms with Gasteiger partial charge in [0.25, 0.3) is 0 Å². The molecule has 2 unspecified atom stereocenters. The van der Waals surface area contributed by atoms with E-state index in [2.05, 4.69) is 33.5 Å². The van der Waals surface area contributed by atoms with Crippen molar-refractivity contribution in [1.82, 2.24) is 19.9 Å². The van der Waals surface area contributed by atoms with Crippen molar-refractivity contribution >= 4 is 23.4 Å². The Hall–Kier alpha value is -1.08. The Labute approximate surface area is 183 Å². The fourth-order valence-electron chi connectivity index (χ4n) is 4.83. The summed E-state index contributed by atoms with van der Waals surface area (Å²) in [5, 5.41) is 9.61. The Bertz CT molecular complexity index is 775. The minimum atomic E-state index is 0.337. The zero-order valence-electron chi connectivity index (χ0n) is 17.3. The molecule has 0 bridgehead atoms. The first kappa shape index (κ1) is 21.2. The molecule has 1 saturated carbocycles. The Morgan fingerprint density at radius 3 is 2.59 bits per heavy atom. The molecule has 5 nitrogen and oxygen atoms in total. The summed E-state index contributed by atoms with van der Waals surface area (Å²) < 4.78 is 6.23. The second kappa shape index (κ2) is 9.82. The highest BCUT2D eigenvalue weighted by Crippen LogP contribution is 2.35. The van der Waals surface area contributed by atoms with Crippen LogP contribution in [0.1, 0.15) is 42.9 Å². The molecule has 29 heavy (non-hydrogen) atoms. The molecule has 1 aliphatic heterocycles. The van der Waals surface area contributed by atoms with Gasteiger partial charge in [-0.05, 0) is 56.1 Å². The van der Waals surface area contributed by atoms with Crippen LogP contribution in [0, 0.1) is 0 Å². The van der Waals surface area contributed by atoms with E-state index in [-0.39, 0.29) is 0 Å².